The van der Waals surface area contributed by atoms with Crippen LogP contribution in [0.4, 0.5) is 5.69 Å². The van der Waals surface area contributed by atoms with Crippen molar-refractivity contribution < 1.29 is 13.2 Å². The van der Waals surface area contributed by atoms with Crippen molar-refractivity contribution in [3.05, 3.63) is 81.0 Å². The molecule has 0 saturated heterocycles. The molecule has 1 fully saturated rings. The van der Waals surface area contributed by atoms with Crippen molar-refractivity contribution in [3.8, 4) is 28.0 Å². The van der Waals surface area contributed by atoms with Crippen LogP contribution in [-0.2, 0) is 15.4 Å². The second kappa shape index (κ2) is 8.13. The van der Waals surface area contributed by atoms with Gasteiger partial charge < -0.3 is 14.7 Å². The van der Waals surface area contributed by atoms with Gasteiger partial charge in [-0.2, -0.15) is 0 Å². The second-order valence-electron chi connectivity index (χ2n) is 9.23. The fraction of sp³-hybridized carbons (Fsp3) is 0.231. The summed E-state index contributed by atoms with van der Waals surface area (Å²) in [6.07, 6.45) is 4.66. The summed E-state index contributed by atoms with van der Waals surface area (Å²) in [5, 5.41) is 0.698. The molecule has 8 nitrogen and oxygen atoms in total. The molecular weight excluding hydrogens is 466 g/mol. The number of sulfonamides is 1. The molecule has 2 aromatic carbocycles. The normalized spacial score (nSPS) is 14.6. The number of aromatic amines is 2. The highest BCUT2D eigenvalue weighted by Crippen LogP contribution is 2.53. The van der Waals surface area contributed by atoms with Gasteiger partial charge >= 0.3 is 0 Å². The number of ether oxygens (including phenoxy) is 1. The van der Waals surface area contributed by atoms with Crippen LogP contribution in [0.3, 0.4) is 0 Å². The maximum absolute atomic E-state index is 13.2. The number of hydrogen-bond acceptors (Lipinski definition) is 5. The maximum atomic E-state index is 13.2. The molecule has 1 aliphatic rings. The van der Waals surface area contributed by atoms with Crippen LogP contribution in [0.2, 0.25) is 0 Å². The minimum Gasteiger partial charge on any atom is -0.496 e. The van der Waals surface area contributed by atoms with E-state index < -0.39 is 10.0 Å². The topological polar surface area (TPSA) is 121 Å². The predicted octanol–water partition coefficient (Wildman–Crippen LogP) is 3.98. The van der Waals surface area contributed by atoms with Crippen molar-refractivity contribution in [2.75, 3.05) is 18.1 Å². The van der Waals surface area contributed by atoms with Crippen molar-refractivity contribution in [2.45, 2.75) is 25.2 Å². The van der Waals surface area contributed by atoms with Crippen LogP contribution in [-0.4, -0.2) is 31.8 Å². The molecule has 1 saturated carbocycles. The largest absolute Gasteiger partial charge is 0.496 e. The summed E-state index contributed by atoms with van der Waals surface area (Å²) in [4.78, 5) is 31.6. The summed E-state index contributed by atoms with van der Waals surface area (Å²) in [5.74, 6) is 0.670. The highest BCUT2D eigenvalue weighted by atomic mass is 32.2. The summed E-state index contributed by atoms with van der Waals surface area (Å²) < 4.78 is 31.3. The molecule has 0 amide bonds. The van der Waals surface area contributed by atoms with Gasteiger partial charge in [-0.25, -0.2) is 8.42 Å². The van der Waals surface area contributed by atoms with Crippen molar-refractivity contribution in [1.82, 2.24) is 9.97 Å². The van der Waals surface area contributed by atoms with Gasteiger partial charge in [0.1, 0.15) is 5.75 Å². The molecule has 180 valence electrons. The molecule has 3 N–H and O–H groups in total. The first-order valence-electron chi connectivity index (χ1n) is 11.1. The molecule has 2 heterocycles. The Hall–Kier alpha value is -3.85. The monoisotopic (exact) mass is 491 g/mol. The van der Waals surface area contributed by atoms with Gasteiger partial charge in [0.25, 0.3) is 11.1 Å². The average Bonchev–Trinajstić information content (AvgIpc) is 3.56. The second-order valence-corrected chi connectivity index (χ2v) is 11.0. The minimum absolute atomic E-state index is 0.0644. The van der Waals surface area contributed by atoms with Gasteiger partial charge in [-0.05, 0) is 60.2 Å². The lowest BCUT2D eigenvalue weighted by molar-refractivity contribution is 0.410. The van der Waals surface area contributed by atoms with E-state index in [-0.39, 0.29) is 16.5 Å². The Morgan fingerprint density at radius 3 is 2.29 bits per heavy atom. The Labute approximate surface area is 202 Å². The fourth-order valence-corrected chi connectivity index (χ4v) is 5.03. The van der Waals surface area contributed by atoms with Crippen molar-refractivity contribution in [3.63, 3.8) is 0 Å². The molecule has 4 aromatic rings. The van der Waals surface area contributed by atoms with E-state index in [1.807, 2.05) is 6.07 Å². The highest BCUT2D eigenvalue weighted by molar-refractivity contribution is 7.92. The molecule has 1 aliphatic carbocycles. The van der Waals surface area contributed by atoms with E-state index in [2.05, 4.69) is 21.6 Å². The van der Waals surface area contributed by atoms with Crippen LogP contribution in [0, 0.1) is 0 Å². The molecular formula is C26H25N3O5S. The van der Waals surface area contributed by atoms with E-state index in [0.29, 0.717) is 44.6 Å². The number of aromatic nitrogens is 2. The zero-order valence-electron chi connectivity index (χ0n) is 19.6. The summed E-state index contributed by atoms with van der Waals surface area (Å²) >= 11 is 0. The lowest BCUT2D eigenvalue weighted by atomic mass is 9.89. The average molecular weight is 492 g/mol. The third-order valence-corrected chi connectivity index (χ3v) is 7.16. The number of rotatable bonds is 6. The molecule has 0 spiro atoms. The number of anilines is 1. The Morgan fingerprint density at radius 1 is 0.971 bits per heavy atom. The van der Waals surface area contributed by atoms with Gasteiger partial charge in [0.2, 0.25) is 10.0 Å². The SMILES string of the molecule is COc1c(C2(C)CC2)cc(-c2ccc[nH]c2=O)c2[nH]c(=O)c(-c3ccc(NS(C)(=O)=O)cc3)cc12. The molecule has 0 unspecified atom stereocenters. The van der Waals surface area contributed by atoms with Gasteiger partial charge in [-0.1, -0.05) is 19.1 Å². The molecule has 5 rings (SSSR count). The lowest BCUT2D eigenvalue weighted by Crippen LogP contribution is -2.14. The minimum atomic E-state index is -3.41. The Bertz CT molecular complexity index is 1680. The van der Waals surface area contributed by atoms with Gasteiger partial charge in [0.15, 0.2) is 0 Å². The number of H-pyrrole nitrogens is 2. The number of benzene rings is 2. The first kappa shape index (κ1) is 22.9. The summed E-state index contributed by atoms with van der Waals surface area (Å²) in [5.41, 5.74) is 3.42. The highest BCUT2D eigenvalue weighted by Gasteiger charge is 2.42. The molecule has 0 atom stereocenters. The first-order chi connectivity index (χ1) is 16.6. The number of hydrogen-bond donors (Lipinski definition) is 3. The van der Waals surface area contributed by atoms with E-state index in [1.165, 1.54) is 0 Å². The molecule has 0 aliphatic heterocycles. The van der Waals surface area contributed by atoms with Crippen LogP contribution in [0.25, 0.3) is 33.2 Å². The molecule has 0 bridgehead atoms. The molecule has 35 heavy (non-hydrogen) atoms. The van der Waals surface area contributed by atoms with E-state index in [4.69, 9.17) is 4.74 Å². The van der Waals surface area contributed by atoms with Crippen LogP contribution < -0.4 is 20.6 Å². The predicted molar refractivity (Wildman–Crippen MR) is 138 cm³/mol. The van der Waals surface area contributed by atoms with Crippen LogP contribution in [0.5, 0.6) is 5.75 Å². The molecule has 9 heteroatoms. The van der Waals surface area contributed by atoms with E-state index in [1.54, 1.807) is 55.8 Å². The zero-order chi connectivity index (χ0) is 25.0. The number of methoxy groups -OCH3 is 1. The summed E-state index contributed by atoms with van der Waals surface area (Å²) in [6, 6.07) is 13.8. The van der Waals surface area contributed by atoms with E-state index >= 15 is 0 Å². The van der Waals surface area contributed by atoms with Crippen LogP contribution in [0.15, 0.2) is 64.3 Å². The maximum Gasteiger partial charge on any atom is 0.256 e. The lowest BCUT2D eigenvalue weighted by Gasteiger charge is -2.20. The van der Waals surface area contributed by atoms with E-state index in [0.717, 1.165) is 24.7 Å². The summed E-state index contributed by atoms with van der Waals surface area (Å²) in [7, 11) is -1.80. The van der Waals surface area contributed by atoms with Crippen LogP contribution in [0.1, 0.15) is 25.3 Å². The van der Waals surface area contributed by atoms with E-state index in [9.17, 15) is 18.0 Å². The van der Waals surface area contributed by atoms with Gasteiger partial charge in [-0.15, -0.1) is 0 Å². The standard InChI is InChI=1S/C26H25N3O5S/c1-26(10-11-26)21-14-19(17-5-4-12-27-24(17)30)22-20(23(21)34-2)13-18(25(31)28-22)15-6-8-16(9-7-15)29-35(3,32)33/h4-9,12-14,29H,10-11H2,1-3H3,(H,27,30)(H,28,31). The van der Waals surface area contributed by atoms with Crippen molar-refractivity contribution in [2.24, 2.45) is 0 Å². The third-order valence-electron chi connectivity index (χ3n) is 6.55. The molecule has 0 radical (unpaired) electrons. The van der Waals surface area contributed by atoms with Gasteiger partial charge in [-0.3, -0.25) is 14.3 Å². The Balaban J connectivity index is 1.77. The van der Waals surface area contributed by atoms with Gasteiger partial charge in [0, 0.05) is 39.5 Å². The van der Waals surface area contributed by atoms with Crippen LogP contribution >= 0.6 is 0 Å². The number of fused-ring (bicyclic) bond motifs is 1. The summed E-state index contributed by atoms with van der Waals surface area (Å²) in [6.45, 7) is 2.16. The molecule has 2 aromatic heterocycles. The third kappa shape index (κ3) is 4.23. The van der Waals surface area contributed by atoms with Crippen molar-refractivity contribution >= 4 is 26.6 Å². The first-order valence-corrected chi connectivity index (χ1v) is 13.0. The quantitative estimate of drug-likeness (QED) is 0.377. The Morgan fingerprint density at radius 2 is 1.69 bits per heavy atom. The number of nitrogens with one attached hydrogen (secondary N) is 3. The fourth-order valence-electron chi connectivity index (χ4n) is 4.47. The van der Waals surface area contributed by atoms with Gasteiger partial charge in [0.05, 0.1) is 18.9 Å². The Kier molecular flexibility index (Phi) is 5.32. The number of pyridine rings is 2. The zero-order valence-corrected chi connectivity index (χ0v) is 20.4. The smallest absolute Gasteiger partial charge is 0.256 e. The van der Waals surface area contributed by atoms with Crippen molar-refractivity contribution in [1.29, 1.82) is 0 Å².